The van der Waals surface area contributed by atoms with Gasteiger partial charge in [0.15, 0.2) is 17.5 Å². The number of para-hydroxylation sites is 3. The molecule has 0 saturated carbocycles. The fourth-order valence-corrected chi connectivity index (χ4v) is 9.17. The number of imidazole rings is 1. The number of benzene rings is 10. The molecule has 0 aliphatic heterocycles. The Labute approximate surface area is 389 Å². The Morgan fingerprint density at radius 1 is 0.254 bits per heavy atom. The van der Waals surface area contributed by atoms with Crippen LogP contribution in [0.4, 0.5) is 0 Å². The van der Waals surface area contributed by atoms with Crippen molar-refractivity contribution in [2.24, 2.45) is 0 Å². The maximum absolute atomic E-state index is 5.14. The summed E-state index contributed by atoms with van der Waals surface area (Å²) in [6.07, 6.45) is 0. The highest BCUT2D eigenvalue weighted by molar-refractivity contribution is 6.05. The van der Waals surface area contributed by atoms with Crippen LogP contribution in [0, 0.1) is 0 Å². The van der Waals surface area contributed by atoms with Crippen molar-refractivity contribution in [1.82, 2.24) is 24.5 Å². The number of hydrogen-bond acceptors (Lipinski definition) is 4. The zero-order valence-corrected chi connectivity index (χ0v) is 36.4. The van der Waals surface area contributed by atoms with Gasteiger partial charge in [-0.3, -0.25) is 4.57 Å². The van der Waals surface area contributed by atoms with Crippen molar-refractivity contribution in [3.05, 3.63) is 249 Å². The first-order valence-corrected chi connectivity index (χ1v) is 22.5. The molecule has 314 valence electrons. The average Bonchev–Trinajstić information content (AvgIpc) is 3.81. The van der Waals surface area contributed by atoms with E-state index in [9.17, 15) is 0 Å². The molecule has 5 heteroatoms. The van der Waals surface area contributed by atoms with Gasteiger partial charge in [-0.05, 0) is 91.7 Å². The maximum Gasteiger partial charge on any atom is 0.164 e. The van der Waals surface area contributed by atoms with Gasteiger partial charge in [-0.25, -0.2) is 19.9 Å². The van der Waals surface area contributed by atoms with Crippen LogP contribution in [0.15, 0.2) is 249 Å². The minimum absolute atomic E-state index is 0.628. The summed E-state index contributed by atoms with van der Waals surface area (Å²) in [6, 6.07) is 87.2. The molecule has 12 aromatic rings. The lowest BCUT2D eigenvalue weighted by Gasteiger charge is -2.14. The number of hydrogen-bond donors (Lipinski definition) is 0. The highest BCUT2D eigenvalue weighted by atomic mass is 15.1. The molecule has 0 aliphatic carbocycles. The van der Waals surface area contributed by atoms with Crippen molar-refractivity contribution in [2.75, 3.05) is 0 Å². The normalized spacial score (nSPS) is 11.3. The fourth-order valence-electron chi connectivity index (χ4n) is 9.17. The van der Waals surface area contributed by atoms with E-state index >= 15 is 0 Å². The molecule has 0 radical (unpaired) electrons. The number of rotatable bonds is 9. The van der Waals surface area contributed by atoms with Crippen LogP contribution in [0.3, 0.4) is 0 Å². The monoisotopic (exact) mass is 855 g/mol. The van der Waals surface area contributed by atoms with E-state index in [1.54, 1.807) is 0 Å². The van der Waals surface area contributed by atoms with Crippen LogP contribution < -0.4 is 0 Å². The van der Waals surface area contributed by atoms with Gasteiger partial charge in [0.25, 0.3) is 0 Å². The van der Waals surface area contributed by atoms with Crippen molar-refractivity contribution in [1.29, 1.82) is 0 Å². The number of fused-ring (bicyclic) bond motifs is 2. The summed E-state index contributed by atoms with van der Waals surface area (Å²) in [6.45, 7) is 0. The van der Waals surface area contributed by atoms with E-state index in [1.807, 2.05) is 48.5 Å². The first-order chi connectivity index (χ1) is 33.2. The van der Waals surface area contributed by atoms with Gasteiger partial charge in [0.1, 0.15) is 5.82 Å². The standard InChI is InChI=1S/C62H41N5/c1-4-16-42(17-5-1)43-32-36-46(37-33-43)60-64-59(45-18-6-2-7-19-45)65-61(66-60)47-38-34-44(35-39-47)53-26-14-29-56-54(27-15-28-55(53)56)50-22-12-20-48(40-50)49-21-13-23-51(41-49)62-63-57-30-10-11-31-58(57)67(62)52-24-8-3-9-25-52/h1-41H. The fraction of sp³-hybridized carbons (Fsp3) is 0. The topological polar surface area (TPSA) is 56.5 Å². The van der Waals surface area contributed by atoms with Crippen LogP contribution in [-0.2, 0) is 0 Å². The van der Waals surface area contributed by atoms with Gasteiger partial charge in [-0.15, -0.1) is 0 Å². The third kappa shape index (κ3) is 7.64. The third-order valence-electron chi connectivity index (χ3n) is 12.5. The molecule has 12 rings (SSSR count). The van der Waals surface area contributed by atoms with Crippen LogP contribution in [0.5, 0.6) is 0 Å². The van der Waals surface area contributed by atoms with Gasteiger partial charge < -0.3 is 0 Å². The third-order valence-corrected chi connectivity index (χ3v) is 12.5. The smallest absolute Gasteiger partial charge is 0.164 e. The van der Waals surface area contributed by atoms with Crippen LogP contribution in [0.25, 0.3) is 118 Å². The summed E-state index contributed by atoms with van der Waals surface area (Å²) in [4.78, 5) is 20.2. The molecule has 0 amide bonds. The summed E-state index contributed by atoms with van der Waals surface area (Å²) in [5.74, 6) is 2.82. The van der Waals surface area contributed by atoms with Crippen LogP contribution in [-0.4, -0.2) is 24.5 Å². The van der Waals surface area contributed by atoms with Gasteiger partial charge in [-0.1, -0.05) is 212 Å². The Hall–Kier alpha value is -9.06. The zero-order chi connectivity index (χ0) is 44.5. The summed E-state index contributed by atoms with van der Waals surface area (Å²) >= 11 is 0. The van der Waals surface area contributed by atoms with Crippen LogP contribution in [0.2, 0.25) is 0 Å². The molecule has 2 aromatic heterocycles. The van der Waals surface area contributed by atoms with Gasteiger partial charge in [0.05, 0.1) is 11.0 Å². The van der Waals surface area contributed by atoms with Gasteiger partial charge in [0, 0.05) is 27.9 Å². The van der Waals surface area contributed by atoms with Crippen molar-refractivity contribution in [2.45, 2.75) is 0 Å². The van der Waals surface area contributed by atoms with E-state index in [0.29, 0.717) is 17.5 Å². The molecule has 67 heavy (non-hydrogen) atoms. The molecule has 0 aliphatic rings. The Bertz CT molecular complexity index is 3710. The first-order valence-electron chi connectivity index (χ1n) is 22.5. The highest BCUT2D eigenvalue weighted by Crippen LogP contribution is 2.38. The summed E-state index contributed by atoms with van der Waals surface area (Å²) in [7, 11) is 0. The van der Waals surface area contributed by atoms with Gasteiger partial charge in [-0.2, -0.15) is 0 Å². The first kappa shape index (κ1) is 39.5. The summed E-state index contributed by atoms with van der Waals surface area (Å²) in [5.41, 5.74) is 16.2. The summed E-state index contributed by atoms with van der Waals surface area (Å²) < 4.78 is 2.25. The Kier molecular flexibility index (Phi) is 10.1. The minimum Gasteiger partial charge on any atom is -0.292 e. The van der Waals surface area contributed by atoms with Gasteiger partial charge in [0.2, 0.25) is 0 Å². The molecule has 10 aromatic carbocycles. The Morgan fingerprint density at radius 3 is 1.27 bits per heavy atom. The minimum atomic E-state index is 0.628. The molecular formula is C62H41N5. The maximum atomic E-state index is 5.14. The van der Waals surface area contributed by atoms with E-state index in [1.165, 1.54) is 21.9 Å². The van der Waals surface area contributed by atoms with E-state index in [-0.39, 0.29) is 0 Å². The molecule has 0 unspecified atom stereocenters. The van der Waals surface area contributed by atoms with E-state index in [0.717, 1.165) is 78.2 Å². The molecule has 0 saturated heterocycles. The van der Waals surface area contributed by atoms with E-state index < -0.39 is 0 Å². The second kappa shape index (κ2) is 17.1. The molecule has 0 atom stereocenters. The lowest BCUT2D eigenvalue weighted by atomic mass is 9.91. The number of nitrogens with zero attached hydrogens (tertiary/aromatic N) is 5. The van der Waals surface area contributed by atoms with Gasteiger partial charge >= 0.3 is 0 Å². The lowest BCUT2D eigenvalue weighted by molar-refractivity contribution is 1.07. The highest BCUT2D eigenvalue weighted by Gasteiger charge is 2.17. The molecule has 2 heterocycles. The molecule has 0 N–H and O–H groups in total. The van der Waals surface area contributed by atoms with Crippen molar-refractivity contribution in [3.63, 3.8) is 0 Å². The average molecular weight is 856 g/mol. The van der Waals surface area contributed by atoms with E-state index in [2.05, 4.69) is 205 Å². The van der Waals surface area contributed by atoms with Crippen LogP contribution >= 0.6 is 0 Å². The Balaban J connectivity index is 0.871. The predicted molar refractivity (Wildman–Crippen MR) is 275 cm³/mol. The molecule has 5 nitrogen and oxygen atoms in total. The van der Waals surface area contributed by atoms with Crippen molar-refractivity contribution < 1.29 is 0 Å². The van der Waals surface area contributed by atoms with Crippen LogP contribution in [0.1, 0.15) is 0 Å². The Morgan fingerprint density at radius 2 is 0.657 bits per heavy atom. The second-order valence-electron chi connectivity index (χ2n) is 16.7. The SMILES string of the molecule is c1ccc(-c2ccc(-c3nc(-c4ccccc4)nc(-c4ccc(-c5cccc6c(-c7cccc(-c8cccc(-c9nc%10ccccc%10n9-c9ccccc9)c8)c7)cccc56)cc4)n3)cc2)cc1. The molecule has 0 spiro atoms. The molecular weight excluding hydrogens is 815 g/mol. The summed E-state index contributed by atoms with van der Waals surface area (Å²) in [5, 5.41) is 2.38. The predicted octanol–water partition coefficient (Wildman–Crippen LogP) is 15.7. The quantitative estimate of drug-likeness (QED) is 0.145. The molecule has 0 bridgehead atoms. The van der Waals surface area contributed by atoms with Crippen molar-refractivity contribution in [3.8, 4) is 95.7 Å². The van der Waals surface area contributed by atoms with E-state index in [4.69, 9.17) is 19.9 Å². The number of aromatic nitrogens is 5. The second-order valence-corrected chi connectivity index (χ2v) is 16.7. The lowest BCUT2D eigenvalue weighted by Crippen LogP contribution is -2.00. The largest absolute Gasteiger partial charge is 0.292 e. The molecule has 0 fully saturated rings. The van der Waals surface area contributed by atoms with Crippen molar-refractivity contribution >= 4 is 21.8 Å². The zero-order valence-electron chi connectivity index (χ0n) is 36.4.